The summed E-state index contributed by atoms with van der Waals surface area (Å²) in [4.78, 5) is 25.0. The van der Waals surface area contributed by atoms with E-state index < -0.39 is 0 Å². The Bertz CT molecular complexity index is 725. The number of likely N-dealkylation sites (N-methyl/N-ethyl adjacent to an activating group) is 1. The van der Waals surface area contributed by atoms with Crippen LogP contribution in [0.3, 0.4) is 0 Å². The van der Waals surface area contributed by atoms with E-state index in [-0.39, 0.29) is 12.1 Å². The number of carbonyl (C=O) groups excluding carboxylic acids is 1. The fourth-order valence-electron chi connectivity index (χ4n) is 3.09. The first kappa shape index (κ1) is 18.0. The third-order valence-corrected chi connectivity index (χ3v) is 4.55. The van der Waals surface area contributed by atoms with Gasteiger partial charge in [-0.05, 0) is 18.9 Å². The molecule has 1 aromatic heterocycles. The number of nitrogens with zero attached hydrogens (tertiary/aromatic N) is 4. The summed E-state index contributed by atoms with van der Waals surface area (Å²) in [6, 6.07) is 9.97. The maximum Gasteiger partial charge on any atom is 0.317 e. The van der Waals surface area contributed by atoms with Crippen molar-refractivity contribution in [1.82, 2.24) is 20.2 Å². The minimum absolute atomic E-state index is 0.0649. The van der Waals surface area contributed by atoms with E-state index >= 15 is 0 Å². The number of rotatable bonds is 6. The number of ether oxygens (including phenoxy) is 1. The number of urea groups is 1. The van der Waals surface area contributed by atoms with Gasteiger partial charge in [0.25, 0.3) is 5.88 Å². The zero-order chi connectivity index (χ0) is 18.4. The van der Waals surface area contributed by atoms with Crippen LogP contribution in [0, 0.1) is 0 Å². The molecule has 26 heavy (non-hydrogen) atoms. The van der Waals surface area contributed by atoms with Gasteiger partial charge in [-0.25, -0.2) is 14.8 Å². The fourth-order valence-corrected chi connectivity index (χ4v) is 3.09. The smallest absolute Gasteiger partial charge is 0.317 e. The Kier molecular flexibility index (Phi) is 5.88. The number of nitrogens with one attached hydrogen (secondary N) is 1. The van der Waals surface area contributed by atoms with Crippen molar-refractivity contribution < 1.29 is 9.53 Å². The second-order valence-electron chi connectivity index (χ2n) is 6.26. The molecular formula is C19H25N5O2. The van der Waals surface area contributed by atoms with Gasteiger partial charge in [0.1, 0.15) is 0 Å². The number of amides is 2. The van der Waals surface area contributed by atoms with Crippen LogP contribution in [0.5, 0.6) is 5.88 Å². The molecule has 1 aliphatic heterocycles. The van der Waals surface area contributed by atoms with Crippen LogP contribution in [-0.4, -0.2) is 53.7 Å². The highest BCUT2D eigenvalue weighted by Gasteiger charge is 2.30. The van der Waals surface area contributed by atoms with E-state index in [0.717, 1.165) is 24.3 Å². The van der Waals surface area contributed by atoms with E-state index in [9.17, 15) is 4.79 Å². The van der Waals surface area contributed by atoms with E-state index in [1.165, 1.54) is 0 Å². The average molecular weight is 355 g/mol. The summed E-state index contributed by atoms with van der Waals surface area (Å²) < 4.78 is 5.57. The first-order valence-corrected chi connectivity index (χ1v) is 8.92. The third kappa shape index (κ3) is 4.22. The lowest BCUT2D eigenvalue weighted by Gasteiger charge is -2.25. The molecule has 1 saturated heterocycles. The summed E-state index contributed by atoms with van der Waals surface area (Å²) in [6.45, 7) is 4.54. The largest absolute Gasteiger partial charge is 0.475 e. The molecule has 0 unspecified atom stereocenters. The zero-order valence-electron chi connectivity index (χ0n) is 15.3. The normalized spacial score (nSPS) is 16.4. The molecule has 0 saturated carbocycles. The number of carbonyl (C=O) groups is 1. The molecular weight excluding hydrogens is 330 g/mol. The molecule has 1 aliphatic rings. The minimum atomic E-state index is -0.0649. The molecule has 0 radical (unpaired) electrons. The van der Waals surface area contributed by atoms with Crippen LogP contribution < -0.4 is 15.0 Å². The van der Waals surface area contributed by atoms with Gasteiger partial charge < -0.3 is 19.9 Å². The molecule has 1 aromatic carbocycles. The van der Waals surface area contributed by atoms with Crippen LogP contribution in [0.1, 0.15) is 18.9 Å². The number of benzene rings is 1. The van der Waals surface area contributed by atoms with Gasteiger partial charge >= 0.3 is 6.03 Å². The summed E-state index contributed by atoms with van der Waals surface area (Å²) >= 11 is 0. The Morgan fingerprint density at radius 1 is 1.31 bits per heavy atom. The molecule has 138 valence electrons. The molecule has 2 heterocycles. The second kappa shape index (κ2) is 8.51. The maximum atomic E-state index is 12.5. The van der Waals surface area contributed by atoms with E-state index in [4.69, 9.17) is 4.74 Å². The second-order valence-corrected chi connectivity index (χ2v) is 6.26. The Labute approximate surface area is 154 Å². The highest BCUT2D eigenvalue weighted by atomic mass is 16.5. The van der Waals surface area contributed by atoms with E-state index in [2.05, 4.69) is 20.2 Å². The number of hydrogen-bond acceptors (Lipinski definition) is 5. The fraction of sp³-hybridized carbons (Fsp3) is 0.421. The molecule has 0 bridgehead atoms. The number of hydrogen-bond donors (Lipinski definition) is 1. The Balaban J connectivity index is 1.57. The molecule has 1 fully saturated rings. The minimum Gasteiger partial charge on any atom is -0.475 e. The third-order valence-electron chi connectivity index (χ3n) is 4.55. The van der Waals surface area contributed by atoms with Crippen molar-refractivity contribution >= 4 is 11.8 Å². The molecule has 2 aromatic rings. The van der Waals surface area contributed by atoms with Crippen molar-refractivity contribution in [3.05, 3.63) is 48.3 Å². The Morgan fingerprint density at radius 2 is 2.08 bits per heavy atom. The van der Waals surface area contributed by atoms with Crippen LogP contribution in [-0.2, 0) is 6.54 Å². The monoisotopic (exact) mass is 355 g/mol. The molecule has 3 rings (SSSR count). The van der Waals surface area contributed by atoms with E-state index in [0.29, 0.717) is 25.6 Å². The van der Waals surface area contributed by atoms with Crippen molar-refractivity contribution in [2.45, 2.75) is 25.9 Å². The SMILES string of the molecule is CCOc1nccnc1N1CC[C@@H](N(C)C(=O)NCc2ccccc2)C1. The standard InChI is InChI=1S/C19H25N5O2/c1-3-26-18-17(20-10-11-21-18)24-12-9-16(14-24)23(2)19(25)22-13-15-7-5-4-6-8-15/h4-8,10-11,16H,3,9,12-14H2,1-2H3,(H,22,25)/t16-/m1/s1. The van der Waals surface area contributed by atoms with E-state index in [1.807, 2.05) is 44.3 Å². The van der Waals surface area contributed by atoms with Crippen molar-refractivity contribution in [3.8, 4) is 5.88 Å². The van der Waals surface area contributed by atoms with Gasteiger partial charge in [-0.2, -0.15) is 0 Å². The van der Waals surface area contributed by atoms with Gasteiger partial charge in [0.2, 0.25) is 0 Å². The van der Waals surface area contributed by atoms with Crippen LogP contribution in [0.2, 0.25) is 0 Å². The van der Waals surface area contributed by atoms with Crippen LogP contribution in [0.25, 0.3) is 0 Å². The lowest BCUT2D eigenvalue weighted by atomic mass is 10.2. The summed E-state index contributed by atoms with van der Waals surface area (Å²) in [5.41, 5.74) is 1.09. The quantitative estimate of drug-likeness (QED) is 0.861. The van der Waals surface area contributed by atoms with Crippen LogP contribution in [0.15, 0.2) is 42.7 Å². The lowest BCUT2D eigenvalue weighted by molar-refractivity contribution is 0.194. The predicted molar refractivity (Wildman–Crippen MR) is 100 cm³/mol. The van der Waals surface area contributed by atoms with Gasteiger partial charge in [-0.1, -0.05) is 30.3 Å². The Hall–Kier alpha value is -2.83. The van der Waals surface area contributed by atoms with Crippen molar-refractivity contribution in [2.75, 3.05) is 31.6 Å². The summed E-state index contributed by atoms with van der Waals surface area (Å²) in [6.07, 6.45) is 4.18. The van der Waals surface area contributed by atoms with Gasteiger partial charge in [0.05, 0.1) is 12.6 Å². The van der Waals surface area contributed by atoms with Crippen LogP contribution in [0.4, 0.5) is 10.6 Å². The van der Waals surface area contributed by atoms with Crippen molar-refractivity contribution in [1.29, 1.82) is 0 Å². The summed E-state index contributed by atoms with van der Waals surface area (Å²) in [5.74, 6) is 1.29. The van der Waals surface area contributed by atoms with Gasteiger partial charge in [0, 0.05) is 39.1 Å². The molecule has 7 heteroatoms. The zero-order valence-corrected chi connectivity index (χ0v) is 15.3. The molecule has 7 nitrogen and oxygen atoms in total. The molecule has 1 atom stereocenters. The molecule has 2 amide bonds. The van der Waals surface area contributed by atoms with Gasteiger partial charge in [-0.3, -0.25) is 0 Å². The highest BCUT2D eigenvalue weighted by molar-refractivity contribution is 5.74. The lowest BCUT2D eigenvalue weighted by Crippen LogP contribution is -2.44. The topological polar surface area (TPSA) is 70.6 Å². The van der Waals surface area contributed by atoms with Crippen molar-refractivity contribution in [3.63, 3.8) is 0 Å². The summed E-state index contributed by atoms with van der Waals surface area (Å²) in [5, 5.41) is 2.98. The summed E-state index contributed by atoms with van der Waals surface area (Å²) in [7, 11) is 1.84. The van der Waals surface area contributed by atoms with Crippen molar-refractivity contribution in [2.24, 2.45) is 0 Å². The predicted octanol–water partition coefficient (Wildman–Crippen LogP) is 2.30. The molecule has 0 aliphatic carbocycles. The average Bonchev–Trinajstić information content (AvgIpc) is 3.17. The Morgan fingerprint density at radius 3 is 2.85 bits per heavy atom. The molecule has 1 N–H and O–H groups in total. The number of anilines is 1. The highest BCUT2D eigenvalue weighted by Crippen LogP contribution is 2.27. The first-order valence-electron chi connectivity index (χ1n) is 8.92. The van der Waals surface area contributed by atoms with Crippen LogP contribution >= 0.6 is 0 Å². The molecule has 0 spiro atoms. The van der Waals surface area contributed by atoms with Gasteiger partial charge in [0.15, 0.2) is 5.82 Å². The van der Waals surface area contributed by atoms with E-state index in [1.54, 1.807) is 17.3 Å². The van der Waals surface area contributed by atoms with Gasteiger partial charge in [-0.15, -0.1) is 0 Å². The number of aromatic nitrogens is 2. The maximum absolute atomic E-state index is 12.5. The first-order chi connectivity index (χ1) is 12.7.